The Bertz CT molecular complexity index is 450. The number of morpholine rings is 1. The zero-order valence-corrected chi connectivity index (χ0v) is 9.66. The minimum absolute atomic E-state index is 0.0399. The first-order chi connectivity index (χ1) is 8.38. The number of rotatable bonds is 2. The van der Waals surface area contributed by atoms with Gasteiger partial charge in [-0.25, -0.2) is 4.79 Å². The van der Waals surface area contributed by atoms with E-state index < -0.39 is 23.3 Å². The van der Waals surface area contributed by atoms with Crippen molar-refractivity contribution in [1.29, 1.82) is 0 Å². The Morgan fingerprint density at radius 1 is 1.50 bits per heavy atom. The van der Waals surface area contributed by atoms with Gasteiger partial charge in [-0.1, -0.05) is 11.3 Å². The highest BCUT2D eigenvalue weighted by molar-refractivity contribution is 7.15. The molecule has 1 N–H and O–H groups in total. The molecule has 0 saturated carbocycles. The van der Waals surface area contributed by atoms with Gasteiger partial charge in [-0.2, -0.15) is 13.2 Å². The predicted molar refractivity (Wildman–Crippen MR) is 54.5 cm³/mol. The molecule has 2 rings (SSSR count). The Labute approximate surface area is 103 Å². The van der Waals surface area contributed by atoms with Crippen LogP contribution in [0.5, 0.6) is 0 Å². The van der Waals surface area contributed by atoms with Crippen molar-refractivity contribution < 1.29 is 27.8 Å². The third-order valence-electron chi connectivity index (χ3n) is 2.27. The van der Waals surface area contributed by atoms with Crippen LogP contribution >= 0.6 is 11.3 Å². The van der Waals surface area contributed by atoms with Crippen LogP contribution in [0.1, 0.15) is 5.01 Å². The molecule has 100 valence electrons. The highest BCUT2D eigenvalue weighted by Crippen LogP contribution is 2.34. The van der Waals surface area contributed by atoms with Crippen LogP contribution in [0.15, 0.2) is 0 Å². The molecule has 1 unspecified atom stereocenters. The molecule has 0 radical (unpaired) electrons. The van der Waals surface area contributed by atoms with Gasteiger partial charge in [0.25, 0.3) is 0 Å². The summed E-state index contributed by atoms with van der Waals surface area (Å²) in [6.07, 6.45) is -5.59. The smallest absolute Gasteiger partial charge is 0.445 e. The van der Waals surface area contributed by atoms with E-state index in [0.29, 0.717) is 11.3 Å². The fourth-order valence-electron chi connectivity index (χ4n) is 1.43. The average Bonchev–Trinajstić information content (AvgIpc) is 2.78. The standard InChI is InChI=1S/C8H8F3N3O3S/c9-8(10,11)6-12-13-7(18-6)14-1-2-17-4(3-14)5(15)16/h4H,1-3H2,(H,15,16). The van der Waals surface area contributed by atoms with Crippen LogP contribution < -0.4 is 4.90 Å². The van der Waals surface area contributed by atoms with Crippen molar-refractivity contribution in [2.75, 3.05) is 24.6 Å². The molecule has 1 aliphatic rings. The maximum atomic E-state index is 12.3. The zero-order valence-electron chi connectivity index (χ0n) is 8.85. The molecule has 10 heteroatoms. The Morgan fingerprint density at radius 3 is 2.78 bits per heavy atom. The maximum absolute atomic E-state index is 12.3. The molecule has 6 nitrogen and oxygen atoms in total. The summed E-state index contributed by atoms with van der Waals surface area (Å²) in [4.78, 5) is 12.2. The van der Waals surface area contributed by atoms with Crippen molar-refractivity contribution in [3.63, 3.8) is 0 Å². The number of carboxylic acids is 1. The van der Waals surface area contributed by atoms with E-state index >= 15 is 0 Å². The Kier molecular flexibility index (Phi) is 3.39. The molecular formula is C8H8F3N3O3S. The molecule has 1 atom stereocenters. The number of halogens is 3. The lowest BCUT2D eigenvalue weighted by molar-refractivity contribution is -0.150. The van der Waals surface area contributed by atoms with Gasteiger partial charge >= 0.3 is 12.1 Å². The largest absolute Gasteiger partial charge is 0.479 e. The number of ether oxygens (including phenoxy) is 1. The quantitative estimate of drug-likeness (QED) is 0.867. The molecule has 1 aliphatic heterocycles. The Morgan fingerprint density at radius 2 is 2.22 bits per heavy atom. The number of aliphatic carboxylic acids is 1. The van der Waals surface area contributed by atoms with E-state index in [1.165, 1.54) is 4.90 Å². The van der Waals surface area contributed by atoms with Crippen LogP contribution in [-0.2, 0) is 15.7 Å². The summed E-state index contributed by atoms with van der Waals surface area (Å²) in [6, 6.07) is 0. The molecular weight excluding hydrogens is 275 g/mol. The second-order valence-corrected chi connectivity index (χ2v) is 4.49. The van der Waals surface area contributed by atoms with Crippen molar-refractivity contribution in [3.05, 3.63) is 5.01 Å². The molecule has 0 aromatic carbocycles. The van der Waals surface area contributed by atoms with Crippen LogP contribution in [0.2, 0.25) is 0 Å². The zero-order chi connectivity index (χ0) is 13.3. The van der Waals surface area contributed by atoms with E-state index in [0.717, 1.165) is 0 Å². The van der Waals surface area contributed by atoms with E-state index in [9.17, 15) is 18.0 Å². The van der Waals surface area contributed by atoms with Crippen molar-refractivity contribution in [1.82, 2.24) is 10.2 Å². The van der Waals surface area contributed by atoms with Crippen molar-refractivity contribution >= 4 is 22.4 Å². The van der Waals surface area contributed by atoms with Crippen molar-refractivity contribution in [3.8, 4) is 0 Å². The minimum Gasteiger partial charge on any atom is -0.479 e. The molecule has 0 amide bonds. The van der Waals surface area contributed by atoms with Gasteiger partial charge in [-0.15, -0.1) is 10.2 Å². The van der Waals surface area contributed by atoms with E-state index in [1.54, 1.807) is 0 Å². The number of hydrogen-bond acceptors (Lipinski definition) is 6. The van der Waals surface area contributed by atoms with E-state index in [-0.39, 0.29) is 24.8 Å². The molecule has 2 heterocycles. The summed E-state index contributed by atoms with van der Waals surface area (Å²) in [6.45, 7) is 0.371. The normalized spacial score (nSPS) is 21.1. The first kappa shape index (κ1) is 13.0. The number of anilines is 1. The fraction of sp³-hybridized carbons (Fsp3) is 0.625. The summed E-state index contributed by atoms with van der Waals surface area (Å²) in [5.41, 5.74) is 0. The summed E-state index contributed by atoms with van der Waals surface area (Å²) in [5, 5.41) is 14.3. The van der Waals surface area contributed by atoms with Gasteiger partial charge in [0.2, 0.25) is 10.1 Å². The highest BCUT2D eigenvalue weighted by atomic mass is 32.1. The van der Waals surface area contributed by atoms with E-state index in [4.69, 9.17) is 9.84 Å². The molecule has 1 saturated heterocycles. The summed E-state index contributed by atoms with van der Waals surface area (Å²) >= 11 is 0.390. The second kappa shape index (κ2) is 4.69. The molecule has 0 aliphatic carbocycles. The van der Waals surface area contributed by atoms with Crippen LogP contribution in [0, 0.1) is 0 Å². The molecule has 1 aromatic rings. The lowest BCUT2D eigenvalue weighted by Crippen LogP contribution is -2.46. The molecule has 0 spiro atoms. The van der Waals surface area contributed by atoms with E-state index in [1.807, 2.05) is 0 Å². The Hall–Kier alpha value is -1.42. The first-order valence-corrected chi connectivity index (χ1v) is 5.69. The molecule has 18 heavy (non-hydrogen) atoms. The molecule has 1 aromatic heterocycles. The van der Waals surface area contributed by atoms with Crippen LogP contribution in [0.25, 0.3) is 0 Å². The lowest BCUT2D eigenvalue weighted by Gasteiger charge is -2.29. The highest BCUT2D eigenvalue weighted by Gasteiger charge is 2.37. The maximum Gasteiger partial charge on any atom is 0.445 e. The van der Waals surface area contributed by atoms with Gasteiger partial charge in [0, 0.05) is 6.54 Å². The van der Waals surface area contributed by atoms with Gasteiger partial charge in [-0.3, -0.25) is 0 Å². The second-order valence-electron chi connectivity index (χ2n) is 3.53. The number of hydrogen-bond donors (Lipinski definition) is 1. The van der Waals surface area contributed by atoms with Crippen LogP contribution in [0.4, 0.5) is 18.3 Å². The van der Waals surface area contributed by atoms with Gasteiger partial charge < -0.3 is 14.7 Å². The Balaban J connectivity index is 2.12. The summed E-state index contributed by atoms with van der Waals surface area (Å²) < 4.78 is 42.0. The summed E-state index contributed by atoms with van der Waals surface area (Å²) in [5.74, 6) is -1.15. The summed E-state index contributed by atoms with van der Waals surface area (Å²) in [7, 11) is 0. The van der Waals surface area contributed by atoms with Crippen molar-refractivity contribution in [2.45, 2.75) is 12.3 Å². The van der Waals surface area contributed by atoms with Gasteiger partial charge in [0.1, 0.15) is 0 Å². The lowest BCUT2D eigenvalue weighted by atomic mass is 10.3. The SMILES string of the molecule is O=C(O)C1CN(c2nnc(C(F)(F)F)s2)CCO1. The van der Waals surface area contributed by atoms with Gasteiger partial charge in [0.05, 0.1) is 13.2 Å². The molecule has 0 bridgehead atoms. The minimum atomic E-state index is -4.53. The van der Waals surface area contributed by atoms with Crippen LogP contribution in [-0.4, -0.2) is 47.1 Å². The van der Waals surface area contributed by atoms with Crippen LogP contribution in [0.3, 0.4) is 0 Å². The number of carboxylic acid groups (broad SMARTS) is 1. The van der Waals surface area contributed by atoms with E-state index in [2.05, 4.69) is 10.2 Å². The average molecular weight is 283 g/mol. The third kappa shape index (κ3) is 2.70. The molecule has 1 fully saturated rings. The van der Waals surface area contributed by atoms with Gasteiger partial charge in [0.15, 0.2) is 6.10 Å². The predicted octanol–water partition coefficient (Wildman–Crippen LogP) is 0.847. The monoisotopic (exact) mass is 283 g/mol. The topological polar surface area (TPSA) is 75.5 Å². The van der Waals surface area contributed by atoms with Gasteiger partial charge in [-0.05, 0) is 0 Å². The fourth-order valence-corrected chi connectivity index (χ4v) is 2.18. The first-order valence-electron chi connectivity index (χ1n) is 4.88. The van der Waals surface area contributed by atoms with Crippen molar-refractivity contribution in [2.24, 2.45) is 0 Å². The number of alkyl halides is 3. The number of carbonyl (C=O) groups is 1. The number of nitrogens with zero attached hydrogens (tertiary/aromatic N) is 3. The third-order valence-corrected chi connectivity index (χ3v) is 3.30. The number of aromatic nitrogens is 2.